The number of rotatable bonds is 5. The second-order valence-electron chi connectivity index (χ2n) is 8.38. The number of nitrogens with one attached hydrogen (secondary N) is 2. The van der Waals surface area contributed by atoms with E-state index in [4.69, 9.17) is 16.3 Å². The molecule has 1 unspecified atom stereocenters. The Hall–Kier alpha value is -3.02. The Morgan fingerprint density at radius 3 is 2.41 bits per heavy atom. The number of benzene rings is 3. The monoisotopic (exact) mass is 447 g/mol. The van der Waals surface area contributed by atoms with Crippen molar-refractivity contribution < 1.29 is 9.53 Å². The molecule has 0 aliphatic carbocycles. The van der Waals surface area contributed by atoms with Crippen molar-refractivity contribution >= 4 is 28.9 Å². The number of likely N-dealkylation sites (tertiary alicyclic amines) is 1. The lowest BCUT2D eigenvalue weighted by molar-refractivity contribution is 0.102. The van der Waals surface area contributed by atoms with Crippen LogP contribution in [0, 0.1) is 0 Å². The van der Waals surface area contributed by atoms with Crippen LogP contribution in [-0.2, 0) is 0 Å². The van der Waals surface area contributed by atoms with E-state index in [1.807, 2.05) is 66.7 Å². The van der Waals surface area contributed by atoms with Gasteiger partial charge >= 0.3 is 0 Å². The molecular weight excluding hydrogens is 422 g/mol. The molecule has 1 saturated heterocycles. The second kappa shape index (κ2) is 9.23. The van der Waals surface area contributed by atoms with Crippen molar-refractivity contribution in [2.75, 3.05) is 36.8 Å². The van der Waals surface area contributed by atoms with E-state index in [1.165, 1.54) is 25.9 Å². The van der Waals surface area contributed by atoms with Crippen molar-refractivity contribution in [2.24, 2.45) is 0 Å². The van der Waals surface area contributed by atoms with Gasteiger partial charge in [-0.1, -0.05) is 35.9 Å². The van der Waals surface area contributed by atoms with E-state index in [9.17, 15) is 4.79 Å². The molecule has 3 aromatic carbocycles. The van der Waals surface area contributed by atoms with Gasteiger partial charge in [-0.3, -0.25) is 9.69 Å². The summed E-state index contributed by atoms with van der Waals surface area (Å²) >= 11 is 5.96. The smallest absolute Gasteiger partial charge is 0.255 e. The number of fused-ring (bicyclic) bond motifs is 1. The Kier molecular flexibility index (Phi) is 6.02. The molecule has 2 aliphatic rings. The van der Waals surface area contributed by atoms with Gasteiger partial charge in [0.15, 0.2) is 0 Å². The van der Waals surface area contributed by atoms with Crippen molar-refractivity contribution in [3.05, 3.63) is 77.3 Å². The molecule has 0 radical (unpaired) electrons. The van der Waals surface area contributed by atoms with Crippen LogP contribution in [-0.4, -0.2) is 43.1 Å². The highest BCUT2D eigenvalue weighted by Crippen LogP contribution is 2.32. The number of ether oxygens (including phenoxy) is 1. The first-order chi connectivity index (χ1) is 15.6. The highest BCUT2D eigenvalue weighted by molar-refractivity contribution is 6.30. The van der Waals surface area contributed by atoms with E-state index in [0.29, 0.717) is 10.6 Å². The Balaban J connectivity index is 1.22. The lowest BCUT2D eigenvalue weighted by atomic mass is 10.0. The van der Waals surface area contributed by atoms with E-state index in [-0.39, 0.29) is 12.0 Å². The summed E-state index contributed by atoms with van der Waals surface area (Å²) in [6.45, 7) is 4.06. The summed E-state index contributed by atoms with van der Waals surface area (Å²) in [5.41, 5.74) is 4.36. The SMILES string of the molecule is O=C(Nc1ccc2c(c1)NCC(CN1CCCC1)O2)c1ccc(-c2ccc(Cl)cc2)cc1. The van der Waals surface area contributed by atoms with Gasteiger partial charge < -0.3 is 15.4 Å². The van der Waals surface area contributed by atoms with Gasteiger partial charge in [-0.05, 0) is 79.5 Å². The fourth-order valence-electron chi connectivity index (χ4n) is 4.31. The highest BCUT2D eigenvalue weighted by atomic mass is 35.5. The third kappa shape index (κ3) is 4.74. The molecule has 1 fully saturated rings. The number of hydrogen-bond donors (Lipinski definition) is 2. The molecule has 3 aromatic rings. The summed E-state index contributed by atoms with van der Waals surface area (Å²) in [7, 11) is 0. The molecule has 5 rings (SSSR count). The largest absolute Gasteiger partial charge is 0.485 e. The Morgan fingerprint density at radius 1 is 1.00 bits per heavy atom. The topological polar surface area (TPSA) is 53.6 Å². The molecule has 0 aromatic heterocycles. The van der Waals surface area contributed by atoms with Gasteiger partial charge in [-0.2, -0.15) is 0 Å². The van der Waals surface area contributed by atoms with Gasteiger partial charge in [-0.15, -0.1) is 0 Å². The molecule has 1 atom stereocenters. The molecule has 1 amide bonds. The maximum atomic E-state index is 12.7. The van der Waals surface area contributed by atoms with Gasteiger partial charge in [0.2, 0.25) is 0 Å². The summed E-state index contributed by atoms with van der Waals surface area (Å²) in [4.78, 5) is 15.2. The Morgan fingerprint density at radius 2 is 1.69 bits per heavy atom. The zero-order valence-corrected chi connectivity index (χ0v) is 18.6. The fourth-order valence-corrected chi connectivity index (χ4v) is 4.43. The first-order valence-corrected chi connectivity index (χ1v) is 11.5. The summed E-state index contributed by atoms with van der Waals surface area (Å²) in [6.07, 6.45) is 2.72. The van der Waals surface area contributed by atoms with E-state index in [0.717, 1.165) is 41.3 Å². The van der Waals surface area contributed by atoms with Gasteiger partial charge in [0.1, 0.15) is 11.9 Å². The number of amides is 1. The minimum Gasteiger partial charge on any atom is -0.485 e. The summed E-state index contributed by atoms with van der Waals surface area (Å²) in [5, 5.41) is 7.15. The standard InChI is InChI=1S/C26H26ClN3O2/c27-21-9-7-19(8-10-21)18-3-5-20(6-4-18)26(31)29-22-11-12-25-24(15-22)28-16-23(32-25)17-30-13-1-2-14-30/h3-12,15,23,28H,1-2,13-14,16-17H2,(H,29,31). The average Bonchev–Trinajstić information content (AvgIpc) is 3.33. The van der Waals surface area contributed by atoms with E-state index in [1.54, 1.807) is 0 Å². The molecule has 0 bridgehead atoms. The quantitative estimate of drug-likeness (QED) is 0.540. The average molecular weight is 448 g/mol. The fraction of sp³-hybridized carbons (Fsp3) is 0.269. The van der Waals surface area contributed by atoms with Crippen LogP contribution >= 0.6 is 11.6 Å². The van der Waals surface area contributed by atoms with Crippen LogP contribution in [0.15, 0.2) is 66.7 Å². The number of anilines is 2. The minimum atomic E-state index is -0.142. The van der Waals surface area contributed by atoms with Crippen molar-refractivity contribution in [2.45, 2.75) is 18.9 Å². The van der Waals surface area contributed by atoms with Gasteiger partial charge in [-0.25, -0.2) is 0 Å². The minimum absolute atomic E-state index is 0.142. The van der Waals surface area contributed by atoms with Crippen LogP contribution in [0.5, 0.6) is 5.75 Å². The van der Waals surface area contributed by atoms with Crippen molar-refractivity contribution in [3.8, 4) is 16.9 Å². The molecule has 5 nitrogen and oxygen atoms in total. The van der Waals surface area contributed by atoms with Gasteiger partial charge in [0.25, 0.3) is 5.91 Å². The number of carbonyl (C=O) groups is 1. The summed E-state index contributed by atoms with van der Waals surface area (Å²) in [5.74, 6) is 0.696. The van der Waals surface area contributed by atoms with Gasteiger partial charge in [0.05, 0.1) is 12.2 Å². The molecule has 0 saturated carbocycles. The van der Waals surface area contributed by atoms with Crippen LogP contribution in [0.2, 0.25) is 5.02 Å². The third-order valence-corrected chi connectivity index (χ3v) is 6.29. The van der Waals surface area contributed by atoms with E-state index in [2.05, 4.69) is 15.5 Å². The van der Waals surface area contributed by atoms with Crippen LogP contribution < -0.4 is 15.4 Å². The van der Waals surface area contributed by atoms with E-state index >= 15 is 0 Å². The van der Waals surface area contributed by atoms with Crippen LogP contribution in [0.1, 0.15) is 23.2 Å². The van der Waals surface area contributed by atoms with Crippen LogP contribution in [0.3, 0.4) is 0 Å². The number of carbonyl (C=O) groups excluding carboxylic acids is 1. The van der Waals surface area contributed by atoms with E-state index < -0.39 is 0 Å². The van der Waals surface area contributed by atoms with Gasteiger partial charge in [0, 0.05) is 22.8 Å². The normalized spacial score (nSPS) is 17.8. The molecule has 0 spiro atoms. The summed E-state index contributed by atoms with van der Waals surface area (Å²) in [6, 6.07) is 21.0. The number of hydrogen-bond acceptors (Lipinski definition) is 4. The molecular formula is C26H26ClN3O2. The lowest BCUT2D eigenvalue weighted by Gasteiger charge is -2.30. The molecule has 6 heteroatoms. The van der Waals surface area contributed by atoms with Crippen LogP contribution in [0.4, 0.5) is 11.4 Å². The second-order valence-corrected chi connectivity index (χ2v) is 8.81. The molecule has 2 heterocycles. The maximum absolute atomic E-state index is 12.7. The molecule has 164 valence electrons. The molecule has 32 heavy (non-hydrogen) atoms. The zero-order valence-electron chi connectivity index (χ0n) is 17.8. The van der Waals surface area contributed by atoms with Crippen molar-refractivity contribution in [3.63, 3.8) is 0 Å². The first kappa shape index (κ1) is 20.9. The van der Waals surface area contributed by atoms with Crippen LogP contribution in [0.25, 0.3) is 11.1 Å². The third-order valence-electron chi connectivity index (χ3n) is 6.04. The van der Waals surface area contributed by atoms with Crippen molar-refractivity contribution in [1.82, 2.24) is 4.90 Å². The lowest BCUT2D eigenvalue weighted by Crippen LogP contribution is -2.40. The first-order valence-electron chi connectivity index (χ1n) is 11.1. The predicted molar refractivity (Wildman–Crippen MR) is 130 cm³/mol. The summed E-state index contributed by atoms with van der Waals surface area (Å²) < 4.78 is 6.18. The molecule has 2 aliphatic heterocycles. The Bertz CT molecular complexity index is 1090. The number of nitrogens with zero attached hydrogens (tertiary/aromatic N) is 1. The maximum Gasteiger partial charge on any atom is 0.255 e. The predicted octanol–water partition coefficient (Wildman–Crippen LogP) is 5.53. The Labute approximate surface area is 193 Å². The molecule has 2 N–H and O–H groups in total. The highest BCUT2D eigenvalue weighted by Gasteiger charge is 2.23. The number of halogens is 1. The van der Waals surface area contributed by atoms with Crippen molar-refractivity contribution in [1.29, 1.82) is 0 Å². The zero-order chi connectivity index (χ0) is 21.9.